The highest BCUT2D eigenvalue weighted by molar-refractivity contribution is 7.99. The van der Waals surface area contributed by atoms with Crippen LogP contribution in [0, 0.1) is 0 Å². The van der Waals surface area contributed by atoms with E-state index < -0.39 is 0 Å². The number of benzene rings is 2. The van der Waals surface area contributed by atoms with E-state index in [1.807, 2.05) is 55.5 Å². The van der Waals surface area contributed by atoms with E-state index in [0.29, 0.717) is 39.6 Å². The van der Waals surface area contributed by atoms with Crippen LogP contribution < -0.4 is 10.1 Å². The lowest BCUT2D eigenvalue weighted by molar-refractivity contribution is -0.113. The number of hydrogen-bond donors (Lipinski definition) is 1. The third kappa shape index (κ3) is 4.55. The van der Waals surface area contributed by atoms with E-state index in [-0.39, 0.29) is 11.7 Å². The number of anilines is 1. The lowest BCUT2D eigenvalue weighted by atomic mass is 10.2. The summed E-state index contributed by atoms with van der Waals surface area (Å²) in [4.78, 5) is 12.4. The van der Waals surface area contributed by atoms with E-state index in [0.717, 1.165) is 5.56 Å². The molecule has 0 spiro atoms. The Morgan fingerprint density at radius 2 is 1.90 bits per heavy atom. The lowest BCUT2D eigenvalue weighted by Crippen LogP contribution is -2.15. The Balaban J connectivity index is 1.47. The average molecular weight is 440 g/mol. The molecule has 2 aromatic heterocycles. The number of halogens is 1. The van der Waals surface area contributed by atoms with Crippen molar-refractivity contribution in [3.63, 3.8) is 0 Å². The van der Waals surface area contributed by atoms with Crippen molar-refractivity contribution in [3.05, 3.63) is 65.7 Å². The minimum atomic E-state index is -0.143. The number of hydrogen-bond acceptors (Lipinski definition) is 6. The molecule has 4 rings (SSSR count). The van der Waals surface area contributed by atoms with Gasteiger partial charge in [0.2, 0.25) is 5.91 Å². The Bertz CT molecular complexity index is 1180. The first-order valence-corrected chi connectivity index (χ1v) is 10.6. The molecule has 0 radical (unpaired) electrons. The molecule has 0 bridgehead atoms. The van der Waals surface area contributed by atoms with Crippen molar-refractivity contribution in [1.29, 1.82) is 0 Å². The lowest BCUT2D eigenvalue weighted by Gasteiger charge is -2.11. The zero-order valence-electron chi connectivity index (χ0n) is 16.1. The maximum atomic E-state index is 12.4. The number of aromatic nitrogens is 4. The molecule has 30 heavy (non-hydrogen) atoms. The summed E-state index contributed by atoms with van der Waals surface area (Å²) in [5, 5.41) is 17.2. The predicted molar refractivity (Wildman–Crippen MR) is 118 cm³/mol. The van der Waals surface area contributed by atoms with Gasteiger partial charge in [-0.15, -0.1) is 10.2 Å². The summed E-state index contributed by atoms with van der Waals surface area (Å²) < 4.78 is 7.20. The van der Waals surface area contributed by atoms with Crippen molar-refractivity contribution in [3.8, 4) is 17.1 Å². The standard InChI is InChI=1S/C21H18ClN5O2S/c1-2-29-17-6-4-3-5-16(17)23-19(28)13-30-20-12-11-18-24-25-21(27(18)26-20)14-7-9-15(22)10-8-14/h3-12H,2,13H2,1H3,(H,23,28). The fourth-order valence-electron chi connectivity index (χ4n) is 2.81. The van der Waals surface area contributed by atoms with Crippen LogP contribution in [0.3, 0.4) is 0 Å². The number of ether oxygens (including phenoxy) is 1. The van der Waals surface area contributed by atoms with Gasteiger partial charge in [0.25, 0.3) is 0 Å². The molecule has 0 saturated heterocycles. The van der Waals surface area contributed by atoms with Crippen LogP contribution in [0.25, 0.3) is 17.0 Å². The summed E-state index contributed by atoms with van der Waals surface area (Å²) in [5.74, 6) is 1.32. The zero-order valence-corrected chi connectivity index (χ0v) is 17.7. The van der Waals surface area contributed by atoms with Gasteiger partial charge in [-0.2, -0.15) is 9.61 Å². The van der Waals surface area contributed by atoms with Crippen molar-refractivity contribution in [2.45, 2.75) is 11.9 Å². The molecule has 2 aromatic carbocycles. The molecule has 2 heterocycles. The van der Waals surface area contributed by atoms with Gasteiger partial charge >= 0.3 is 0 Å². The molecular weight excluding hydrogens is 422 g/mol. The fourth-order valence-corrected chi connectivity index (χ4v) is 3.59. The van der Waals surface area contributed by atoms with Crippen molar-refractivity contribution in [1.82, 2.24) is 19.8 Å². The maximum Gasteiger partial charge on any atom is 0.234 e. The molecule has 0 aliphatic heterocycles. The number of thioether (sulfide) groups is 1. The van der Waals surface area contributed by atoms with E-state index in [9.17, 15) is 4.79 Å². The van der Waals surface area contributed by atoms with E-state index in [2.05, 4.69) is 20.6 Å². The second kappa shape index (κ2) is 9.15. The van der Waals surface area contributed by atoms with Gasteiger partial charge in [-0.3, -0.25) is 4.79 Å². The number of amides is 1. The van der Waals surface area contributed by atoms with Crippen LogP contribution in [0.5, 0.6) is 5.75 Å². The molecule has 1 N–H and O–H groups in total. The molecule has 0 aliphatic rings. The van der Waals surface area contributed by atoms with Crippen molar-refractivity contribution in [2.24, 2.45) is 0 Å². The first-order valence-electron chi connectivity index (χ1n) is 9.27. The van der Waals surface area contributed by atoms with Crippen LogP contribution in [0.2, 0.25) is 5.02 Å². The molecule has 0 saturated carbocycles. The first kappa shape index (κ1) is 20.2. The largest absolute Gasteiger partial charge is 0.492 e. The molecule has 0 aliphatic carbocycles. The van der Waals surface area contributed by atoms with E-state index in [4.69, 9.17) is 16.3 Å². The smallest absolute Gasteiger partial charge is 0.234 e. The third-order valence-electron chi connectivity index (χ3n) is 4.15. The van der Waals surface area contributed by atoms with Crippen LogP contribution >= 0.6 is 23.4 Å². The molecule has 7 nitrogen and oxygen atoms in total. The van der Waals surface area contributed by atoms with Crippen molar-refractivity contribution in [2.75, 3.05) is 17.7 Å². The van der Waals surface area contributed by atoms with Gasteiger partial charge in [-0.05, 0) is 55.5 Å². The van der Waals surface area contributed by atoms with Crippen molar-refractivity contribution < 1.29 is 9.53 Å². The highest BCUT2D eigenvalue weighted by Crippen LogP contribution is 2.25. The van der Waals surface area contributed by atoms with E-state index >= 15 is 0 Å². The minimum absolute atomic E-state index is 0.143. The Kier molecular flexibility index (Phi) is 6.15. The number of nitrogens with zero attached hydrogens (tertiary/aromatic N) is 4. The number of fused-ring (bicyclic) bond motifs is 1. The normalized spacial score (nSPS) is 10.9. The Morgan fingerprint density at radius 1 is 1.10 bits per heavy atom. The van der Waals surface area contributed by atoms with E-state index in [1.54, 1.807) is 16.6 Å². The molecule has 0 fully saturated rings. The summed E-state index contributed by atoms with van der Waals surface area (Å²) in [6, 6.07) is 18.3. The van der Waals surface area contributed by atoms with Crippen LogP contribution in [0.4, 0.5) is 5.69 Å². The SMILES string of the molecule is CCOc1ccccc1NC(=O)CSc1ccc2nnc(-c3ccc(Cl)cc3)n2n1. The molecule has 1 amide bonds. The van der Waals surface area contributed by atoms with Crippen molar-refractivity contribution >= 4 is 40.6 Å². The zero-order chi connectivity index (χ0) is 20.9. The molecule has 0 unspecified atom stereocenters. The third-order valence-corrected chi connectivity index (χ3v) is 5.32. The quantitative estimate of drug-likeness (QED) is 0.425. The molecule has 4 aromatic rings. The summed E-state index contributed by atoms with van der Waals surface area (Å²) in [6.45, 7) is 2.43. The Morgan fingerprint density at radius 3 is 2.70 bits per heavy atom. The summed E-state index contributed by atoms with van der Waals surface area (Å²) in [7, 11) is 0. The summed E-state index contributed by atoms with van der Waals surface area (Å²) in [6.07, 6.45) is 0. The second-order valence-corrected chi connectivity index (χ2v) is 7.67. The second-order valence-electron chi connectivity index (χ2n) is 6.24. The number of carbonyl (C=O) groups is 1. The monoisotopic (exact) mass is 439 g/mol. The average Bonchev–Trinajstić information content (AvgIpc) is 3.18. The van der Waals surface area contributed by atoms with Gasteiger partial charge in [-0.25, -0.2) is 0 Å². The Labute approximate surface area is 182 Å². The minimum Gasteiger partial charge on any atom is -0.492 e. The molecule has 0 atom stereocenters. The number of rotatable bonds is 7. The first-order chi connectivity index (χ1) is 14.6. The topological polar surface area (TPSA) is 81.4 Å². The van der Waals surface area contributed by atoms with Gasteiger partial charge < -0.3 is 10.1 Å². The number of carbonyl (C=O) groups excluding carboxylic acids is 1. The van der Waals surface area contributed by atoms with Crippen LogP contribution in [-0.4, -0.2) is 38.1 Å². The highest BCUT2D eigenvalue weighted by Gasteiger charge is 2.12. The molecule has 9 heteroatoms. The van der Waals surface area contributed by atoms with Gasteiger partial charge in [0, 0.05) is 10.6 Å². The number of nitrogens with one attached hydrogen (secondary N) is 1. The van der Waals surface area contributed by atoms with Gasteiger partial charge in [-0.1, -0.05) is 35.5 Å². The fraction of sp³-hybridized carbons (Fsp3) is 0.143. The van der Waals surface area contributed by atoms with Gasteiger partial charge in [0.1, 0.15) is 10.8 Å². The van der Waals surface area contributed by atoms with Crippen LogP contribution in [-0.2, 0) is 4.79 Å². The highest BCUT2D eigenvalue weighted by atomic mass is 35.5. The maximum absolute atomic E-state index is 12.4. The van der Waals surface area contributed by atoms with Crippen LogP contribution in [0.15, 0.2) is 65.7 Å². The summed E-state index contributed by atoms with van der Waals surface area (Å²) in [5.41, 5.74) is 2.13. The molecular formula is C21H18ClN5O2S. The summed E-state index contributed by atoms with van der Waals surface area (Å²) >= 11 is 7.30. The van der Waals surface area contributed by atoms with Crippen LogP contribution in [0.1, 0.15) is 6.92 Å². The number of para-hydroxylation sites is 2. The molecule has 152 valence electrons. The Hall–Kier alpha value is -3.10. The van der Waals surface area contributed by atoms with Gasteiger partial charge in [0.05, 0.1) is 18.0 Å². The van der Waals surface area contributed by atoms with E-state index in [1.165, 1.54) is 11.8 Å². The predicted octanol–water partition coefficient (Wildman–Crippen LogP) is 4.57. The van der Waals surface area contributed by atoms with Gasteiger partial charge in [0.15, 0.2) is 11.5 Å².